The number of amides is 2. The summed E-state index contributed by atoms with van der Waals surface area (Å²) in [5.74, 6) is -2.05. The molecule has 0 bridgehead atoms. The topological polar surface area (TPSA) is 96.1 Å². The molecule has 3 aromatic carbocycles. The number of halogens is 4. The first kappa shape index (κ1) is 35.9. The lowest BCUT2D eigenvalue weighted by molar-refractivity contribution is 0.00803. The van der Waals surface area contributed by atoms with E-state index in [2.05, 4.69) is 10.00 Å². The van der Waals surface area contributed by atoms with Gasteiger partial charge in [-0.2, -0.15) is 5.10 Å². The fourth-order valence-electron chi connectivity index (χ4n) is 7.24. The van der Waals surface area contributed by atoms with Crippen LogP contribution in [0.1, 0.15) is 43.8 Å². The van der Waals surface area contributed by atoms with Gasteiger partial charge in [0.1, 0.15) is 11.6 Å². The van der Waals surface area contributed by atoms with E-state index in [4.69, 9.17) is 4.74 Å². The van der Waals surface area contributed by atoms with Crippen molar-refractivity contribution >= 4 is 23.2 Å². The molecule has 0 radical (unpaired) electrons. The number of carbonyl (C=O) groups is 2. The molecule has 2 atom stereocenters. The van der Waals surface area contributed by atoms with Crippen LogP contribution in [-0.2, 0) is 24.8 Å². The molecule has 14 heteroatoms. The van der Waals surface area contributed by atoms with Crippen LogP contribution >= 0.6 is 0 Å². The van der Waals surface area contributed by atoms with Crippen molar-refractivity contribution in [3.8, 4) is 17.0 Å². The number of aromatic hydroxyl groups is 1. The van der Waals surface area contributed by atoms with Gasteiger partial charge in [0.25, 0.3) is 18.2 Å². The van der Waals surface area contributed by atoms with Gasteiger partial charge in [-0.1, -0.05) is 24.3 Å². The predicted octanol–water partition coefficient (Wildman–Crippen LogP) is 6.65. The minimum Gasteiger partial charge on any atom is -0.508 e. The predicted molar refractivity (Wildman–Crippen MR) is 190 cm³/mol. The van der Waals surface area contributed by atoms with Crippen LogP contribution in [0.15, 0.2) is 85.2 Å². The number of nitrogens with zero attached hydrogens (tertiary/aromatic N) is 6. The second-order valence-corrected chi connectivity index (χ2v) is 13.3. The van der Waals surface area contributed by atoms with E-state index in [1.165, 1.54) is 59.1 Å². The molecular weight excluding hydrogens is 692 g/mol. The third-order valence-corrected chi connectivity index (χ3v) is 9.91. The highest BCUT2D eigenvalue weighted by Gasteiger charge is 2.36. The maximum atomic E-state index is 15.8. The molecule has 276 valence electrons. The first-order valence-corrected chi connectivity index (χ1v) is 17.2. The van der Waals surface area contributed by atoms with Crippen LogP contribution in [0, 0.1) is 12.7 Å². The lowest BCUT2D eigenvalue weighted by atomic mass is 9.92. The average Bonchev–Trinajstić information content (AvgIpc) is 3.74. The van der Waals surface area contributed by atoms with Crippen molar-refractivity contribution in [2.24, 2.45) is 7.05 Å². The number of phenols is 1. The van der Waals surface area contributed by atoms with Crippen molar-refractivity contribution < 1.29 is 37.0 Å². The number of anilines is 2. The SMILES string of the molecule is Cc1c(C(=O)N(c2ccc(O)cc2)c2cnn(C)c2)cc(-c2cc(F)ccc2C(=O)N2Cc3ccccc3C[C@H]2CN2CCOCC2)n1C(F)C(F)F. The van der Waals surface area contributed by atoms with Crippen molar-refractivity contribution in [1.29, 1.82) is 0 Å². The van der Waals surface area contributed by atoms with Crippen LogP contribution in [0.5, 0.6) is 5.75 Å². The molecule has 1 fully saturated rings. The molecule has 4 heterocycles. The summed E-state index contributed by atoms with van der Waals surface area (Å²) in [4.78, 5) is 34.4. The number of rotatable bonds is 9. The van der Waals surface area contributed by atoms with E-state index in [-0.39, 0.29) is 46.4 Å². The van der Waals surface area contributed by atoms with E-state index in [1.54, 1.807) is 18.1 Å². The second kappa shape index (κ2) is 14.9. The van der Waals surface area contributed by atoms with Crippen LogP contribution in [0.25, 0.3) is 11.3 Å². The van der Waals surface area contributed by atoms with Crippen molar-refractivity contribution in [2.75, 3.05) is 37.7 Å². The van der Waals surface area contributed by atoms with E-state index in [1.807, 2.05) is 24.3 Å². The van der Waals surface area contributed by atoms with Gasteiger partial charge >= 0.3 is 0 Å². The molecule has 2 aliphatic rings. The Morgan fingerprint density at radius 3 is 2.36 bits per heavy atom. The van der Waals surface area contributed by atoms with Gasteiger partial charge in [0.05, 0.1) is 36.4 Å². The highest BCUT2D eigenvalue weighted by atomic mass is 19.3. The smallest absolute Gasteiger partial charge is 0.288 e. The van der Waals surface area contributed by atoms with E-state index in [9.17, 15) is 23.5 Å². The van der Waals surface area contributed by atoms with Crippen LogP contribution in [0.3, 0.4) is 0 Å². The number of phenolic OH excluding ortho intramolecular Hbond substituents is 1. The summed E-state index contributed by atoms with van der Waals surface area (Å²) >= 11 is 0. The zero-order valence-corrected chi connectivity index (χ0v) is 29.1. The van der Waals surface area contributed by atoms with E-state index in [0.717, 1.165) is 23.3 Å². The number of carbonyl (C=O) groups excluding carboxylic acids is 2. The van der Waals surface area contributed by atoms with Crippen molar-refractivity contribution in [1.82, 2.24) is 24.1 Å². The normalized spacial score (nSPS) is 16.8. The Morgan fingerprint density at radius 1 is 0.962 bits per heavy atom. The molecule has 2 amide bonds. The summed E-state index contributed by atoms with van der Waals surface area (Å²) in [5.41, 5.74) is 1.90. The van der Waals surface area contributed by atoms with Crippen molar-refractivity contribution in [3.63, 3.8) is 0 Å². The zero-order valence-electron chi connectivity index (χ0n) is 29.1. The van der Waals surface area contributed by atoms with Gasteiger partial charge in [0.2, 0.25) is 6.30 Å². The fourth-order valence-corrected chi connectivity index (χ4v) is 7.24. The Hall–Kier alpha value is -5.47. The summed E-state index contributed by atoms with van der Waals surface area (Å²) < 4.78 is 67.1. The number of aromatic nitrogens is 3. The van der Waals surface area contributed by atoms with Crippen LogP contribution in [0.2, 0.25) is 0 Å². The van der Waals surface area contributed by atoms with E-state index in [0.29, 0.717) is 55.2 Å². The third-order valence-electron chi connectivity index (χ3n) is 9.91. The summed E-state index contributed by atoms with van der Waals surface area (Å²) in [6, 6.07) is 17.9. The molecular formula is C39H38F4N6O4. The lowest BCUT2D eigenvalue weighted by Gasteiger charge is -2.40. The third kappa shape index (κ3) is 7.16. The highest BCUT2D eigenvalue weighted by molar-refractivity contribution is 6.12. The molecule has 1 N–H and O–H groups in total. The number of aryl methyl sites for hydroxylation is 1. The van der Waals surface area contributed by atoms with Crippen LogP contribution in [0.4, 0.5) is 28.9 Å². The van der Waals surface area contributed by atoms with Crippen molar-refractivity contribution in [3.05, 3.63) is 119 Å². The number of hydrogen-bond donors (Lipinski definition) is 1. The van der Waals surface area contributed by atoms with Crippen LogP contribution < -0.4 is 4.90 Å². The Labute approximate surface area is 303 Å². The van der Waals surface area contributed by atoms with Gasteiger partial charge < -0.3 is 19.3 Å². The van der Waals surface area contributed by atoms with Crippen LogP contribution in [-0.4, -0.2) is 86.4 Å². The molecule has 0 aliphatic carbocycles. The molecule has 7 rings (SSSR count). The molecule has 1 saturated heterocycles. The minimum atomic E-state index is -3.52. The number of benzene rings is 3. The Balaban J connectivity index is 1.34. The molecule has 0 saturated carbocycles. The molecule has 2 aromatic heterocycles. The summed E-state index contributed by atoms with van der Waals surface area (Å²) in [6.07, 6.45) is -2.92. The Morgan fingerprint density at radius 2 is 1.68 bits per heavy atom. The first-order chi connectivity index (χ1) is 25.5. The summed E-state index contributed by atoms with van der Waals surface area (Å²) in [7, 11) is 1.65. The standard InChI is InChI=1S/C39H38F4N6O4/c1-24-33(39(52)49(30-20-44-45(2)22-30)28-8-10-31(50)11-9-28)19-35(48(24)37(43)36(41)42)34-18-27(40)7-12-32(34)38(51)47-21-26-6-4-3-5-25(26)17-29(47)23-46-13-15-53-16-14-46/h3-12,18-20,22,29,36-37,50H,13-17,21,23H2,1-2H3/t29-,37?/m0/s1. The second-order valence-electron chi connectivity index (χ2n) is 13.3. The van der Waals surface area contributed by atoms with Gasteiger partial charge in [0, 0.05) is 68.0 Å². The van der Waals surface area contributed by atoms with Gasteiger partial charge in [-0.25, -0.2) is 17.6 Å². The number of hydrogen-bond acceptors (Lipinski definition) is 6. The molecule has 0 spiro atoms. The average molecular weight is 731 g/mol. The lowest BCUT2D eigenvalue weighted by Crippen LogP contribution is -2.52. The van der Waals surface area contributed by atoms with E-state index < -0.39 is 30.4 Å². The Bertz CT molecular complexity index is 2130. The van der Waals surface area contributed by atoms with Gasteiger partial charge in [-0.3, -0.25) is 24.1 Å². The van der Waals surface area contributed by atoms with Gasteiger partial charge in [-0.05, 0) is 73.0 Å². The number of fused-ring (bicyclic) bond motifs is 1. The molecule has 2 aliphatic heterocycles. The van der Waals surface area contributed by atoms with Crippen molar-refractivity contribution in [2.45, 2.75) is 38.7 Å². The minimum absolute atomic E-state index is 0.0281. The number of alkyl halides is 3. The molecule has 5 aromatic rings. The summed E-state index contributed by atoms with van der Waals surface area (Å²) in [6.45, 7) is 4.64. The fraction of sp³-hybridized carbons (Fsp3) is 0.308. The van der Waals surface area contributed by atoms with Gasteiger partial charge in [0.15, 0.2) is 0 Å². The molecule has 53 heavy (non-hydrogen) atoms. The monoisotopic (exact) mass is 730 g/mol. The zero-order chi connectivity index (χ0) is 37.4. The number of morpholine rings is 1. The largest absolute Gasteiger partial charge is 0.508 e. The maximum absolute atomic E-state index is 15.8. The van der Waals surface area contributed by atoms with E-state index >= 15 is 8.78 Å². The summed E-state index contributed by atoms with van der Waals surface area (Å²) in [5, 5.41) is 14.1. The maximum Gasteiger partial charge on any atom is 0.288 e. The number of ether oxygens (including phenoxy) is 1. The molecule has 10 nitrogen and oxygen atoms in total. The first-order valence-electron chi connectivity index (χ1n) is 17.2. The Kier molecular flexibility index (Phi) is 10.1. The van der Waals surface area contributed by atoms with Gasteiger partial charge in [-0.15, -0.1) is 0 Å². The molecule has 1 unspecified atom stereocenters. The highest BCUT2D eigenvalue weighted by Crippen LogP contribution is 2.38. The quantitative estimate of drug-likeness (QED) is 0.171.